The van der Waals surface area contributed by atoms with E-state index in [-0.39, 0.29) is 0 Å². The summed E-state index contributed by atoms with van der Waals surface area (Å²) >= 11 is 0. The Morgan fingerprint density at radius 1 is 0.643 bits per heavy atom. The molecule has 0 fully saturated rings. The van der Waals surface area contributed by atoms with Gasteiger partial charge in [-0.15, -0.1) is 0 Å². The standard InChI is InChI=1S/C12H26N2/c1-9(2)11(13(5)6)12(10(3)4)14(7)8/h9-10H,1-8H3/b12-11-. The van der Waals surface area contributed by atoms with E-state index in [1.807, 2.05) is 0 Å². The highest BCUT2D eigenvalue weighted by atomic mass is 15.1. The summed E-state index contributed by atoms with van der Waals surface area (Å²) in [6.45, 7) is 9.00. The van der Waals surface area contributed by atoms with Gasteiger partial charge in [0.15, 0.2) is 0 Å². The molecule has 0 aromatic carbocycles. The summed E-state index contributed by atoms with van der Waals surface area (Å²) in [7, 11) is 8.50. The van der Waals surface area contributed by atoms with Crippen LogP contribution in [-0.4, -0.2) is 38.0 Å². The molecular weight excluding hydrogens is 172 g/mol. The Morgan fingerprint density at radius 2 is 0.857 bits per heavy atom. The van der Waals surface area contributed by atoms with Gasteiger partial charge in [0.25, 0.3) is 0 Å². The molecule has 0 aliphatic carbocycles. The SMILES string of the molecule is CC(C)/C(=C(\C(C)C)N(C)C)N(C)C. The summed E-state index contributed by atoms with van der Waals surface area (Å²) < 4.78 is 0. The predicted octanol–water partition coefficient (Wildman–Crippen LogP) is 2.63. The van der Waals surface area contributed by atoms with Crippen LogP contribution in [0.1, 0.15) is 27.7 Å². The molecular formula is C12H26N2. The summed E-state index contributed by atoms with van der Waals surface area (Å²) in [5.41, 5.74) is 2.87. The molecule has 0 radical (unpaired) electrons. The maximum Gasteiger partial charge on any atom is 0.0350 e. The molecule has 0 aromatic rings. The van der Waals surface area contributed by atoms with E-state index in [1.54, 1.807) is 0 Å². The zero-order chi connectivity index (χ0) is 11.5. The topological polar surface area (TPSA) is 6.48 Å². The molecule has 0 unspecified atom stereocenters. The highest BCUT2D eigenvalue weighted by molar-refractivity contribution is 5.15. The molecule has 0 amide bonds. The molecule has 0 spiro atoms. The first-order valence-corrected chi connectivity index (χ1v) is 5.37. The average Bonchev–Trinajstić information content (AvgIpc) is 1.96. The van der Waals surface area contributed by atoms with Gasteiger partial charge in [0.05, 0.1) is 0 Å². The average molecular weight is 198 g/mol. The molecule has 0 bridgehead atoms. The zero-order valence-electron chi connectivity index (χ0n) is 11.0. The van der Waals surface area contributed by atoms with Gasteiger partial charge in [0, 0.05) is 39.6 Å². The van der Waals surface area contributed by atoms with Gasteiger partial charge in [-0.25, -0.2) is 0 Å². The zero-order valence-corrected chi connectivity index (χ0v) is 11.0. The molecule has 0 aliphatic heterocycles. The van der Waals surface area contributed by atoms with Gasteiger partial charge < -0.3 is 9.80 Å². The van der Waals surface area contributed by atoms with E-state index in [2.05, 4.69) is 65.7 Å². The third kappa shape index (κ3) is 3.24. The second-order valence-corrected chi connectivity index (χ2v) is 4.87. The lowest BCUT2D eigenvalue weighted by molar-refractivity contribution is 0.364. The molecule has 14 heavy (non-hydrogen) atoms. The van der Waals surface area contributed by atoms with Crippen LogP contribution in [0.5, 0.6) is 0 Å². The summed E-state index contributed by atoms with van der Waals surface area (Å²) in [6.07, 6.45) is 0. The fourth-order valence-electron chi connectivity index (χ4n) is 2.08. The minimum Gasteiger partial charge on any atom is -0.379 e. The second-order valence-electron chi connectivity index (χ2n) is 4.87. The van der Waals surface area contributed by atoms with E-state index in [0.717, 1.165) is 0 Å². The lowest BCUT2D eigenvalue weighted by Gasteiger charge is -2.31. The van der Waals surface area contributed by atoms with Gasteiger partial charge in [-0.1, -0.05) is 27.7 Å². The van der Waals surface area contributed by atoms with Gasteiger partial charge >= 0.3 is 0 Å². The lowest BCUT2D eigenvalue weighted by atomic mass is 10.00. The van der Waals surface area contributed by atoms with E-state index >= 15 is 0 Å². The van der Waals surface area contributed by atoms with Crippen LogP contribution >= 0.6 is 0 Å². The Labute approximate surface area is 89.6 Å². The van der Waals surface area contributed by atoms with Crippen molar-refractivity contribution in [2.24, 2.45) is 11.8 Å². The van der Waals surface area contributed by atoms with E-state index in [1.165, 1.54) is 11.4 Å². The molecule has 0 heterocycles. The van der Waals surface area contributed by atoms with Crippen LogP contribution in [-0.2, 0) is 0 Å². The predicted molar refractivity (Wildman–Crippen MR) is 64.1 cm³/mol. The number of rotatable bonds is 4. The van der Waals surface area contributed by atoms with Crippen LogP contribution in [0.3, 0.4) is 0 Å². The quantitative estimate of drug-likeness (QED) is 0.685. The van der Waals surface area contributed by atoms with Crippen molar-refractivity contribution in [3.8, 4) is 0 Å². The van der Waals surface area contributed by atoms with E-state index < -0.39 is 0 Å². The first-order valence-electron chi connectivity index (χ1n) is 5.37. The van der Waals surface area contributed by atoms with Crippen LogP contribution in [0.15, 0.2) is 11.4 Å². The van der Waals surface area contributed by atoms with Crippen molar-refractivity contribution in [2.45, 2.75) is 27.7 Å². The van der Waals surface area contributed by atoms with Crippen molar-refractivity contribution in [1.82, 2.24) is 9.80 Å². The van der Waals surface area contributed by atoms with Gasteiger partial charge in [-0.05, 0) is 11.8 Å². The Bertz CT molecular complexity index is 158. The minimum absolute atomic E-state index is 0.574. The molecule has 2 nitrogen and oxygen atoms in total. The molecule has 0 rings (SSSR count). The summed E-state index contributed by atoms with van der Waals surface area (Å²) in [4.78, 5) is 4.47. The lowest BCUT2D eigenvalue weighted by Crippen LogP contribution is -2.27. The van der Waals surface area contributed by atoms with Crippen LogP contribution in [0.25, 0.3) is 0 Å². The number of nitrogens with zero attached hydrogens (tertiary/aromatic N) is 2. The van der Waals surface area contributed by atoms with Gasteiger partial charge in [-0.2, -0.15) is 0 Å². The summed E-state index contributed by atoms with van der Waals surface area (Å²) in [5, 5.41) is 0. The first kappa shape index (κ1) is 13.3. The maximum absolute atomic E-state index is 2.25. The largest absolute Gasteiger partial charge is 0.379 e. The van der Waals surface area contributed by atoms with E-state index in [4.69, 9.17) is 0 Å². The molecule has 0 aliphatic rings. The molecule has 84 valence electrons. The van der Waals surface area contributed by atoms with Gasteiger partial charge in [0.1, 0.15) is 0 Å². The van der Waals surface area contributed by atoms with Crippen LogP contribution in [0.4, 0.5) is 0 Å². The van der Waals surface area contributed by atoms with Crippen LogP contribution < -0.4 is 0 Å². The summed E-state index contributed by atoms with van der Waals surface area (Å²) in [6, 6.07) is 0. The fourth-order valence-corrected chi connectivity index (χ4v) is 2.08. The van der Waals surface area contributed by atoms with Crippen molar-refractivity contribution < 1.29 is 0 Å². The highest BCUT2D eigenvalue weighted by Gasteiger charge is 2.17. The van der Waals surface area contributed by atoms with Crippen molar-refractivity contribution in [1.29, 1.82) is 0 Å². The highest BCUT2D eigenvalue weighted by Crippen LogP contribution is 2.24. The molecule has 0 aromatic heterocycles. The second kappa shape index (κ2) is 5.28. The smallest absolute Gasteiger partial charge is 0.0350 e. The Kier molecular flexibility index (Phi) is 5.03. The van der Waals surface area contributed by atoms with E-state index in [0.29, 0.717) is 11.8 Å². The van der Waals surface area contributed by atoms with Crippen LogP contribution in [0, 0.1) is 11.8 Å². The maximum atomic E-state index is 2.25. The molecule has 0 saturated heterocycles. The Balaban J connectivity index is 5.27. The fraction of sp³-hybridized carbons (Fsp3) is 0.833. The Morgan fingerprint density at radius 3 is 0.929 bits per heavy atom. The van der Waals surface area contributed by atoms with Crippen molar-refractivity contribution in [2.75, 3.05) is 28.2 Å². The third-order valence-corrected chi connectivity index (χ3v) is 2.32. The molecule has 2 heteroatoms. The van der Waals surface area contributed by atoms with Gasteiger partial charge in [0.2, 0.25) is 0 Å². The third-order valence-electron chi connectivity index (χ3n) is 2.32. The monoisotopic (exact) mass is 198 g/mol. The van der Waals surface area contributed by atoms with Crippen molar-refractivity contribution in [3.05, 3.63) is 11.4 Å². The molecule has 0 atom stereocenters. The minimum atomic E-state index is 0.574. The van der Waals surface area contributed by atoms with E-state index in [9.17, 15) is 0 Å². The number of hydrogen-bond donors (Lipinski definition) is 0. The molecule has 0 N–H and O–H groups in total. The first-order chi connectivity index (χ1) is 6.29. The molecule has 0 saturated carbocycles. The summed E-state index contributed by atoms with van der Waals surface area (Å²) in [5.74, 6) is 1.15. The number of hydrogen-bond acceptors (Lipinski definition) is 2. The van der Waals surface area contributed by atoms with Crippen LogP contribution in [0.2, 0.25) is 0 Å². The van der Waals surface area contributed by atoms with Crippen molar-refractivity contribution >= 4 is 0 Å². The Hall–Kier alpha value is -0.660. The van der Waals surface area contributed by atoms with Crippen molar-refractivity contribution in [3.63, 3.8) is 0 Å². The normalized spacial score (nSPS) is 13.3. The number of allylic oxidation sites excluding steroid dienone is 2. The van der Waals surface area contributed by atoms with Gasteiger partial charge in [-0.3, -0.25) is 0 Å².